The quantitative estimate of drug-likeness (QED) is 0.327. The van der Waals surface area contributed by atoms with Crippen LogP contribution in [0.4, 0.5) is 0 Å². The number of benzene rings is 1. The maximum atomic E-state index is 10.7. The minimum absolute atomic E-state index is 0. The average Bonchev–Trinajstić information content (AvgIpc) is 2.17. The van der Waals surface area contributed by atoms with E-state index in [9.17, 15) is 4.79 Å². The van der Waals surface area contributed by atoms with E-state index >= 15 is 0 Å². The molecule has 0 radical (unpaired) electrons. The third-order valence-corrected chi connectivity index (χ3v) is 1.45. The van der Waals surface area contributed by atoms with E-state index in [-0.39, 0.29) is 35.1 Å². The van der Waals surface area contributed by atoms with Crippen LogP contribution in [0.3, 0.4) is 0 Å². The van der Waals surface area contributed by atoms with E-state index in [2.05, 4.69) is 11.5 Å². The zero-order valence-electron chi connectivity index (χ0n) is 6.36. The first-order valence-corrected chi connectivity index (χ1v) is 3.36. The van der Waals surface area contributed by atoms with Crippen LogP contribution in [0.2, 0.25) is 0 Å². The molecule has 64 valence electrons. The van der Waals surface area contributed by atoms with Crippen LogP contribution >= 0.6 is 0 Å². The van der Waals surface area contributed by atoms with Crippen LogP contribution in [-0.2, 0) is 9.68 Å². The second-order valence-electron chi connectivity index (χ2n) is 2.22. The third-order valence-electron chi connectivity index (χ3n) is 1.45. The van der Waals surface area contributed by atoms with Crippen molar-refractivity contribution in [3.63, 3.8) is 0 Å². The first-order chi connectivity index (χ1) is 5.75. The van der Waals surface area contributed by atoms with Gasteiger partial charge in [-0.25, -0.2) is 4.79 Å². The second-order valence-corrected chi connectivity index (χ2v) is 2.22. The fraction of sp³-hybridized carbons (Fsp3) is 0. The number of hydrogen-bond acceptors (Lipinski definition) is 3. The molecule has 13 heavy (non-hydrogen) atoms. The molecule has 0 unspecified atom stereocenters. The van der Waals surface area contributed by atoms with Gasteiger partial charge in [0.05, 0.1) is 5.57 Å². The molecular formula is C9H9NaO3. The summed E-state index contributed by atoms with van der Waals surface area (Å²) in [6, 6.07) is 8.77. The summed E-state index contributed by atoms with van der Waals surface area (Å²) >= 11 is 0. The van der Waals surface area contributed by atoms with Crippen LogP contribution in [0.15, 0.2) is 36.9 Å². The molecule has 0 aliphatic heterocycles. The summed E-state index contributed by atoms with van der Waals surface area (Å²) < 4.78 is 0. The number of carbonyl (C=O) groups is 1. The average molecular weight is 188 g/mol. The van der Waals surface area contributed by atoms with Crippen molar-refractivity contribution in [2.24, 2.45) is 0 Å². The Morgan fingerprint density at radius 1 is 1.31 bits per heavy atom. The molecule has 0 saturated heterocycles. The van der Waals surface area contributed by atoms with E-state index in [1.165, 1.54) is 0 Å². The van der Waals surface area contributed by atoms with Gasteiger partial charge < -0.3 is 0 Å². The molecule has 3 nitrogen and oxygen atoms in total. The summed E-state index contributed by atoms with van der Waals surface area (Å²) in [5.41, 5.74) is 0.773. The second kappa shape index (κ2) is 5.94. The molecule has 0 spiro atoms. The summed E-state index contributed by atoms with van der Waals surface area (Å²) in [5.74, 6) is -0.832. The van der Waals surface area contributed by atoms with Crippen molar-refractivity contribution < 1.29 is 14.9 Å². The van der Waals surface area contributed by atoms with Gasteiger partial charge in [0.15, 0.2) is 0 Å². The molecule has 0 amide bonds. The van der Waals surface area contributed by atoms with Crippen LogP contribution in [-0.4, -0.2) is 40.8 Å². The first-order valence-electron chi connectivity index (χ1n) is 3.36. The van der Waals surface area contributed by atoms with Gasteiger partial charge in [-0.15, -0.1) is 0 Å². The van der Waals surface area contributed by atoms with E-state index in [1.807, 2.05) is 6.07 Å². The van der Waals surface area contributed by atoms with Gasteiger partial charge in [0.1, 0.15) is 0 Å². The van der Waals surface area contributed by atoms with Crippen molar-refractivity contribution in [1.29, 1.82) is 0 Å². The maximum absolute atomic E-state index is 10.7. The van der Waals surface area contributed by atoms with Crippen molar-refractivity contribution in [1.82, 2.24) is 0 Å². The number of rotatable bonds is 2. The fourth-order valence-electron chi connectivity index (χ4n) is 0.812. The first kappa shape index (κ1) is 12.4. The molecular weight excluding hydrogens is 179 g/mol. The molecule has 0 bridgehead atoms. The van der Waals surface area contributed by atoms with Crippen molar-refractivity contribution in [3.8, 4) is 0 Å². The van der Waals surface area contributed by atoms with Crippen molar-refractivity contribution in [2.45, 2.75) is 0 Å². The van der Waals surface area contributed by atoms with Crippen molar-refractivity contribution in [3.05, 3.63) is 42.5 Å². The molecule has 1 aromatic rings. The van der Waals surface area contributed by atoms with Gasteiger partial charge in [-0.1, -0.05) is 36.9 Å². The molecule has 0 aliphatic carbocycles. The summed E-state index contributed by atoms with van der Waals surface area (Å²) in [7, 11) is 0. The Balaban J connectivity index is 0.00000144. The molecule has 0 aliphatic rings. The fourth-order valence-corrected chi connectivity index (χ4v) is 0.812. The predicted octanol–water partition coefficient (Wildman–Crippen LogP) is 1.07. The van der Waals surface area contributed by atoms with Gasteiger partial charge in [0.25, 0.3) is 0 Å². The van der Waals surface area contributed by atoms with E-state index in [0.29, 0.717) is 5.56 Å². The number of carbonyl (C=O) groups excluding carboxylic acids is 1. The molecule has 1 rings (SSSR count). The predicted molar refractivity (Wildman–Crippen MR) is 51.3 cm³/mol. The van der Waals surface area contributed by atoms with Crippen molar-refractivity contribution >= 4 is 41.1 Å². The van der Waals surface area contributed by atoms with Crippen LogP contribution in [0.25, 0.3) is 5.57 Å². The molecule has 0 saturated carbocycles. The molecule has 0 heterocycles. The van der Waals surface area contributed by atoms with Crippen LogP contribution in [0.5, 0.6) is 0 Å². The van der Waals surface area contributed by atoms with Gasteiger partial charge in [-0.3, -0.25) is 4.89 Å². The Morgan fingerprint density at radius 3 is 2.31 bits per heavy atom. The summed E-state index contributed by atoms with van der Waals surface area (Å²) in [6.45, 7) is 3.46. The Labute approximate surface area is 98.2 Å². The van der Waals surface area contributed by atoms with E-state index in [0.717, 1.165) is 0 Å². The van der Waals surface area contributed by atoms with Gasteiger partial charge in [-0.2, -0.15) is 5.26 Å². The standard InChI is InChI=1S/C9H8O3.Na.H/c1-7(9(10)12-11)8-5-3-2-4-6-8;;/h2-6,11H,1H2;;. The monoisotopic (exact) mass is 188 g/mol. The molecule has 1 N–H and O–H groups in total. The normalized spacial score (nSPS) is 8.38. The SMILES string of the molecule is C=C(C(=O)OO)c1ccccc1.[NaH]. The van der Waals surface area contributed by atoms with E-state index < -0.39 is 5.97 Å². The zero-order valence-corrected chi connectivity index (χ0v) is 6.36. The van der Waals surface area contributed by atoms with Crippen LogP contribution < -0.4 is 0 Å². The summed E-state index contributed by atoms with van der Waals surface area (Å²) in [4.78, 5) is 14.3. The third kappa shape index (κ3) is 3.32. The van der Waals surface area contributed by atoms with Gasteiger partial charge in [0, 0.05) is 0 Å². The molecule has 1 aromatic carbocycles. The minimum atomic E-state index is -0.832. The van der Waals surface area contributed by atoms with E-state index in [4.69, 9.17) is 5.26 Å². The van der Waals surface area contributed by atoms with Crippen LogP contribution in [0.1, 0.15) is 5.56 Å². The number of hydrogen-bond donors (Lipinski definition) is 1. The van der Waals surface area contributed by atoms with Gasteiger partial charge in [-0.05, 0) is 5.56 Å². The Kier molecular flexibility index (Phi) is 5.66. The van der Waals surface area contributed by atoms with Gasteiger partial charge in [0.2, 0.25) is 0 Å². The van der Waals surface area contributed by atoms with Crippen molar-refractivity contribution in [2.75, 3.05) is 0 Å². The molecule has 0 fully saturated rings. The topological polar surface area (TPSA) is 46.5 Å². The molecule has 0 atom stereocenters. The Bertz CT molecular complexity index is 295. The Morgan fingerprint density at radius 2 is 1.85 bits per heavy atom. The van der Waals surface area contributed by atoms with E-state index in [1.54, 1.807) is 24.3 Å². The summed E-state index contributed by atoms with van der Waals surface area (Å²) in [5, 5.41) is 8.06. The van der Waals surface area contributed by atoms with Crippen LogP contribution in [0, 0.1) is 0 Å². The summed E-state index contributed by atoms with van der Waals surface area (Å²) in [6.07, 6.45) is 0. The molecule has 4 heteroatoms. The Hall–Kier alpha value is -0.610. The van der Waals surface area contributed by atoms with Gasteiger partial charge >= 0.3 is 35.5 Å². The zero-order chi connectivity index (χ0) is 8.97. The molecule has 0 aromatic heterocycles.